The fraction of sp³-hybridized carbons (Fsp3) is 0.462. The van der Waals surface area contributed by atoms with Crippen LogP contribution in [0.3, 0.4) is 0 Å². The van der Waals surface area contributed by atoms with E-state index in [1.807, 2.05) is 0 Å². The average molecular weight is 297 g/mol. The van der Waals surface area contributed by atoms with E-state index in [1.165, 1.54) is 18.5 Å². The smallest absolute Gasteiger partial charge is 0.316 e. The van der Waals surface area contributed by atoms with E-state index in [9.17, 15) is 13.2 Å². The second kappa shape index (κ2) is 4.12. The molecule has 0 atom stereocenters. The van der Waals surface area contributed by atoms with Crippen LogP contribution < -0.4 is 9.04 Å². The van der Waals surface area contributed by atoms with Crippen LogP contribution in [0.15, 0.2) is 18.2 Å². The first-order valence-corrected chi connectivity index (χ1v) is 7.84. The molecule has 1 aromatic rings. The molecule has 0 saturated heterocycles. The Morgan fingerprint density at radius 2 is 2.10 bits per heavy atom. The van der Waals surface area contributed by atoms with Gasteiger partial charge >= 0.3 is 5.97 Å². The number of carbonyl (C=O) groups is 1. The van der Waals surface area contributed by atoms with E-state index in [1.54, 1.807) is 18.2 Å². The minimum absolute atomic E-state index is 0.255. The summed E-state index contributed by atoms with van der Waals surface area (Å²) in [5.74, 6) is -0.158. The molecule has 7 heteroatoms. The molecule has 1 fully saturated rings. The van der Waals surface area contributed by atoms with Crippen LogP contribution in [0.2, 0.25) is 0 Å². The van der Waals surface area contributed by atoms with Crippen molar-refractivity contribution in [2.75, 3.05) is 24.4 Å². The maximum absolute atomic E-state index is 11.9. The fourth-order valence-corrected chi connectivity index (χ4v) is 3.37. The number of rotatable bonds is 2. The van der Waals surface area contributed by atoms with Gasteiger partial charge in [-0.2, -0.15) is 0 Å². The van der Waals surface area contributed by atoms with E-state index >= 15 is 0 Å². The van der Waals surface area contributed by atoms with E-state index in [-0.39, 0.29) is 11.9 Å². The van der Waals surface area contributed by atoms with Crippen LogP contribution in [0.4, 0.5) is 5.69 Å². The molecule has 0 bridgehead atoms. The van der Waals surface area contributed by atoms with Crippen molar-refractivity contribution in [3.8, 4) is 5.75 Å². The molecule has 0 N–H and O–H groups in total. The molecule has 0 aromatic heterocycles. The van der Waals surface area contributed by atoms with Gasteiger partial charge in [0.25, 0.3) is 10.0 Å². The molecule has 0 amide bonds. The highest BCUT2D eigenvalue weighted by atomic mass is 32.2. The second-order valence-corrected chi connectivity index (χ2v) is 7.05. The molecule has 108 valence electrons. The largest absolute Gasteiger partial charge is 0.474 e. The second-order valence-electron chi connectivity index (χ2n) is 5.10. The van der Waals surface area contributed by atoms with E-state index in [2.05, 4.69) is 0 Å². The van der Waals surface area contributed by atoms with Gasteiger partial charge in [0, 0.05) is 7.05 Å². The quantitative estimate of drug-likeness (QED) is 0.762. The SMILES string of the molecule is COC(=O)C1(c2ccc3c(c2)OCS(=O)(=O)N3C)CC1. The third kappa shape index (κ3) is 1.76. The Balaban J connectivity index is 2.02. The zero-order chi connectivity index (χ0) is 14.5. The van der Waals surface area contributed by atoms with Crippen LogP contribution >= 0.6 is 0 Å². The third-order valence-corrected chi connectivity index (χ3v) is 5.41. The molecule has 20 heavy (non-hydrogen) atoms. The number of methoxy groups -OCH3 is 1. The lowest BCUT2D eigenvalue weighted by molar-refractivity contribution is -0.143. The standard InChI is InChI=1S/C13H15NO5S/c1-14-10-4-3-9(13(5-6-13)12(15)18-2)7-11(10)19-8-20(14,16)17/h3-4,7H,5-6,8H2,1-2H3. The third-order valence-electron chi connectivity index (χ3n) is 3.96. The van der Waals surface area contributed by atoms with Crippen molar-refractivity contribution in [3.63, 3.8) is 0 Å². The summed E-state index contributed by atoms with van der Waals surface area (Å²) in [6.45, 7) is 0. The number of fused-ring (bicyclic) bond motifs is 1. The van der Waals surface area contributed by atoms with Gasteiger partial charge in [-0.3, -0.25) is 9.10 Å². The minimum Gasteiger partial charge on any atom is -0.474 e. The molecule has 0 radical (unpaired) electrons. The van der Waals surface area contributed by atoms with Crippen LogP contribution in [0.5, 0.6) is 5.75 Å². The Morgan fingerprint density at radius 3 is 2.70 bits per heavy atom. The predicted molar refractivity (Wildman–Crippen MR) is 72.2 cm³/mol. The van der Waals surface area contributed by atoms with Gasteiger partial charge in [-0.25, -0.2) is 8.42 Å². The highest BCUT2D eigenvalue weighted by Gasteiger charge is 2.53. The maximum Gasteiger partial charge on any atom is 0.316 e. The number of benzene rings is 1. The molecule has 2 aliphatic rings. The fourth-order valence-electron chi connectivity index (χ4n) is 2.49. The van der Waals surface area contributed by atoms with Crippen LogP contribution in [0, 0.1) is 0 Å². The molecule has 1 aliphatic carbocycles. The molecule has 1 saturated carbocycles. The Hall–Kier alpha value is -1.76. The van der Waals surface area contributed by atoms with Crippen molar-refractivity contribution in [3.05, 3.63) is 23.8 Å². The number of hydrogen-bond donors (Lipinski definition) is 0. The summed E-state index contributed by atoms with van der Waals surface area (Å²) in [5.41, 5.74) is 0.721. The number of anilines is 1. The lowest BCUT2D eigenvalue weighted by Crippen LogP contribution is -2.35. The van der Waals surface area contributed by atoms with Gasteiger partial charge in [0.1, 0.15) is 5.75 Å². The minimum atomic E-state index is -3.41. The summed E-state index contributed by atoms with van der Waals surface area (Å²) < 4.78 is 34.8. The summed E-state index contributed by atoms with van der Waals surface area (Å²) in [6.07, 6.45) is 1.49. The van der Waals surface area contributed by atoms with E-state index in [0.717, 1.165) is 18.4 Å². The molecule has 0 spiro atoms. The van der Waals surface area contributed by atoms with Crippen molar-refractivity contribution in [2.45, 2.75) is 18.3 Å². The molecule has 6 nitrogen and oxygen atoms in total. The number of sulfonamides is 1. The van der Waals surface area contributed by atoms with Crippen molar-refractivity contribution in [2.24, 2.45) is 0 Å². The van der Waals surface area contributed by atoms with Gasteiger partial charge in [0.15, 0.2) is 0 Å². The van der Waals surface area contributed by atoms with Gasteiger partial charge in [-0.1, -0.05) is 6.07 Å². The Morgan fingerprint density at radius 1 is 1.40 bits per heavy atom. The topological polar surface area (TPSA) is 72.9 Å². The van der Waals surface area contributed by atoms with Crippen LogP contribution in [-0.2, 0) is 25.0 Å². The van der Waals surface area contributed by atoms with E-state index in [4.69, 9.17) is 9.47 Å². The zero-order valence-corrected chi connectivity index (χ0v) is 12.1. The first-order valence-electron chi connectivity index (χ1n) is 6.23. The molecule has 0 unspecified atom stereocenters. The molecular weight excluding hydrogens is 282 g/mol. The number of carbonyl (C=O) groups excluding carboxylic acids is 1. The first kappa shape index (κ1) is 13.2. The van der Waals surface area contributed by atoms with Gasteiger partial charge < -0.3 is 9.47 Å². The normalized spacial score (nSPS) is 21.6. The Kier molecular flexibility index (Phi) is 2.72. The van der Waals surface area contributed by atoms with Crippen molar-refractivity contribution < 1.29 is 22.7 Å². The number of hydrogen-bond acceptors (Lipinski definition) is 5. The van der Waals surface area contributed by atoms with Crippen molar-refractivity contribution >= 4 is 21.7 Å². The van der Waals surface area contributed by atoms with Gasteiger partial charge in [-0.05, 0) is 30.5 Å². The molecule has 1 aliphatic heterocycles. The van der Waals surface area contributed by atoms with Gasteiger partial charge in [0.05, 0.1) is 18.2 Å². The summed E-state index contributed by atoms with van der Waals surface area (Å²) >= 11 is 0. The molecule has 1 heterocycles. The van der Waals surface area contributed by atoms with Gasteiger partial charge in [-0.15, -0.1) is 0 Å². The summed E-state index contributed by atoms with van der Waals surface area (Å²) in [7, 11) is -0.547. The van der Waals surface area contributed by atoms with Crippen molar-refractivity contribution in [1.29, 1.82) is 0 Å². The van der Waals surface area contributed by atoms with Crippen LogP contribution in [0.1, 0.15) is 18.4 Å². The number of nitrogens with zero attached hydrogens (tertiary/aromatic N) is 1. The van der Waals surface area contributed by atoms with E-state index in [0.29, 0.717) is 11.4 Å². The lowest BCUT2D eigenvalue weighted by atomic mass is 9.95. The number of ether oxygens (including phenoxy) is 2. The molecular formula is C13H15NO5S. The van der Waals surface area contributed by atoms with Crippen LogP contribution in [-0.4, -0.2) is 34.5 Å². The lowest BCUT2D eigenvalue weighted by Gasteiger charge is -2.28. The summed E-state index contributed by atoms with van der Waals surface area (Å²) in [4.78, 5) is 11.9. The maximum atomic E-state index is 11.9. The molecule has 3 rings (SSSR count). The highest BCUT2D eigenvalue weighted by Crippen LogP contribution is 2.51. The Labute approximate surface area is 117 Å². The zero-order valence-electron chi connectivity index (χ0n) is 11.3. The average Bonchev–Trinajstić information content (AvgIpc) is 3.24. The highest BCUT2D eigenvalue weighted by molar-refractivity contribution is 7.92. The first-order chi connectivity index (χ1) is 9.40. The van der Waals surface area contributed by atoms with Gasteiger partial charge in [0.2, 0.25) is 5.94 Å². The summed E-state index contributed by atoms with van der Waals surface area (Å²) in [5, 5.41) is 0. The monoisotopic (exact) mass is 297 g/mol. The molecule has 1 aromatic carbocycles. The number of esters is 1. The van der Waals surface area contributed by atoms with Crippen LogP contribution in [0.25, 0.3) is 0 Å². The Bertz CT molecular complexity index is 678. The van der Waals surface area contributed by atoms with Crippen molar-refractivity contribution in [1.82, 2.24) is 0 Å². The summed E-state index contributed by atoms with van der Waals surface area (Å²) in [6, 6.07) is 5.18. The van der Waals surface area contributed by atoms with E-state index < -0.39 is 15.4 Å². The predicted octanol–water partition coefficient (Wildman–Crippen LogP) is 1.01.